The number of alkyl halides is 3. The lowest BCUT2D eigenvalue weighted by atomic mass is 10.1. The molecule has 3 rings (SSSR count). The van der Waals surface area contributed by atoms with E-state index in [0.717, 1.165) is 16.6 Å². The molecule has 0 fully saturated rings. The molecule has 1 aromatic heterocycles. The van der Waals surface area contributed by atoms with E-state index in [1.165, 1.54) is 11.0 Å². The molecule has 2 aromatic carbocycles. The van der Waals surface area contributed by atoms with Crippen molar-refractivity contribution in [3.63, 3.8) is 0 Å². The van der Waals surface area contributed by atoms with Gasteiger partial charge in [-0.25, -0.2) is 9.18 Å². The van der Waals surface area contributed by atoms with Gasteiger partial charge in [0.2, 0.25) is 0 Å². The summed E-state index contributed by atoms with van der Waals surface area (Å²) in [5.74, 6) is 5.24. The summed E-state index contributed by atoms with van der Waals surface area (Å²) in [6.07, 6.45) is -1.32. The van der Waals surface area contributed by atoms with Gasteiger partial charge in [0.25, 0.3) is 0 Å². The second-order valence-electron chi connectivity index (χ2n) is 13.9. The number of benzene rings is 2. The zero-order valence-electron chi connectivity index (χ0n) is 28.7. The molecular formula is C35H44BrF4N3O4Si. The Kier molecular flexibility index (Phi) is 13.0. The highest BCUT2D eigenvalue weighted by atomic mass is 79.9. The molecule has 0 aliphatic rings. The third kappa shape index (κ3) is 12.0. The summed E-state index contributed by atoms with van der Waals surface area (Å²) in [4.78, 5) is 15.0. The van der Waals surface area contributed by atoms with Gasteiger partial charge in [-0.2, -0.15) is 18.3 Å². The standard InChI is InChI=1S/C35H44BrF4N3O4Si/c1-33(2,3)47-32(44)42(17-18-46-48(7,8)34(4,5)6)22-27-19-25(11-9-10-16-43-23-28(36)21-41-43)13-15-31(27)45-24-26-12-14-30(37)29(20-26)35(38,39)40/h12-15,19-21,23H,10,16-18,22,24H2,1-8H3. The summed E-state index contributed by atoms with van der Waals surface area (Å²) in [5, 5.41) is 4.20. The number of ether oxygens (including phenoxy) is 2. The quantitative estimate of drug-likeness (QED) is 0.111. The maximum atomic E-state index is 13.9. The Hall–Kier alpha value is -3.34. The van der Waals surface area contributed by atoms with Crippen molar-refractivity contribution >= 4 is 30.3 Å². The van der Waals surface area contributed by atoms with Crippen LogP contribution in [0.25, 0.3) is 0 Å². The van der Waals surface area contributed by atoms with Crippen LogP contribution in [-0.2, 0) is 35.0 Å². The van der Waals surface area contributed by atoms with Crippen LogP contribution in [0.4, 0.5) is 22.4 Å². The van der Waals surface area contributed by atoms with E-state index < -0.39 is 37.6 Å². The molecule has 13 heteroatoms. The highest BCUT2D eigenvalue weighted by Crippen LogP contribution is 2.36. The Bertz CT molecular complexity index is 1620. The van der Waals surface area contributed by atoms with E-state index in [0.29, 0.717) is 29.8 Å². The summed E-state index contributed by atoms with van der Waals surface area (Å²) >= 11 is 3.37. The molecule has 0 N–H and O–H groups in total. The molecule has 0 radical (unpaired) electrons. The summed E-state index contributed by atoms with van der Waals surface area (Å²) in [6.45, 7) is 16.9. The molecule has 0 spiro atoms. The van der Waals surface area contributed by atoms with Gasteiger partial charge in [0.15, 0.2) is 8.32 Å². The zero-order valence-corrected chi connectivity index (χ0v) is 31.3. The lowest BCUT2D eigenvalue weighted by Gasteiger charge is -2.37. The molecule has 1 heterocycles. The number of aryl methyl sites for hydroxylation is 1. The fraction of sp³-hybridized carbons (Fsp3) is 0.486. The monoisotopic (exact) mass is 753 g/mol. The van der Waals surface area contributed by atoms with Crippen molar-refractivity contribution in [2.45, 2.75) is 97.6 Å². The van der Waals surface area contributed by atoms with Gasteiger partial charge in [-0.05, 0) is 90.7 Å². The molecule has 0 aliphatic heterocycles. The van der Waals surface area contributed by atoms with Crippen LogP contribution < -0.4 is 4.74 Å². The van der Waals surface area contributed by atoms with Crippen LogP contribution in [-0.4, -0.2) is 47.8 Å². The van der Waals surface area contributed by atoms with Gasteiger partial charge in [0.05, 0.1) is 35.9 Å². The summed E-state index contributed by atoms with van der Waals surface area (Å²) in [5.41, 5.74) is -0.771. The highest BCUT2D eigenvalue weighted by Gasteiger charge is 2.37. The van der Waals surface area contributed by atoms with E-state index in [1.807, 2.05) is 6.20 Å². The minimum atomic E-state index is -4.85. The first-order chi connectivity index (χ1) is 22.1. The third-order valence-electron chi connectivity index (χ3n) is 7.73. The molecule has 0 saturated heterocycles. The van der Waals surface area contributed by atoms with Crippen molar-refractivity contribution in [3.8, 4) is 17.6 Å². The molecule has 0 unspecified atom stereocenters. The molecule has 0 atom stereocenters. The van der Waals surface area contributed by atoms with Crippen LogP contribution in [0.5, 0.6) is 5.75 Å². The van der Waals surface area contributed by atoms with Gasteiger partial charge in [-0.1, -0.05) is 38.7 Å². The Morgan fingerprint density at radius 1 is 1.06 bits per heavy atom. The molecule has 0 aliphatic carbocycles. The first kappa shape index (κ1) is 39.1. The second kappa shape index (κ2) is 15.9. The summed E-state index contributed by atoms with van der Waals surface area (Å²) in [6, 6.07) is 7.93. The van der Waals surface area contributed by atoms with Crippen molar-refractivity contribution in [2.24, 2.45) is 0 Å². The molecule has 48 heavy (non-hydrogen) atoms. The van der Waals surface area contributed by atoms with E-state index in [-0.39, 0.29) is 36.9 Å². The van der Waals surface area contributed by atoms with Gasteiger partial charge >= 0.3 is 12.3 Å². The highest BCUT2D eigenvalue weighted by molar-refractivity contribution is 9.10. The molecule has 0 saturated carbocycles. The van der Waals surface area contributed by atoms with E-state index in [9.17, 15) is 22.4 Å². The van der Waals surface area contributed by atoms with Gasteiger partial charge in [0.1, 0.15) is 23.8 Å². The topological polar surface area (TPSA) is 65.8 Å². The average Bonchev–Trinajstić information content (AvgIpc) is 3.37. The van der Waals surface area contributed by atoms with Gasteiger partial charge in [-0.3, -0.25) is 4.68 Å². The number of rotatable bonds is 11. The number of amides is 1. The largest absolute Gasteiger partial charge is 0.489 e. The smallest absolute Gasteiger partial charge is 0.419 e. The van der Waals surface area contributed by atoms with Crippen LogP contribution >= 0.6 is 15.9 Å². The Labute approximate surface area is 290 Å². The second-order valence-corrected chi connectivity index (χ2v) is 19.6. The van der Waals surface area contributed by atoms with E-state index in [2.05, 4.69) is 66.7 Å². The van der Waals surface area contributed by atoms with Crippen molar-refractivity contribution in [1.82, 2.24) is 14.7 Å². The van der Waals surface area contributed by atoms with Crippen LogP contribution in [0.1, 0.15) is 70.2 Å². The predicted octanol–water partition coefficient (Wildman–Crippen LogP) is 9.58. The number of hydrogen-bond acceptors (Lipinski definition) is 5. The normalized spacial score (nSPS) is 12.4. The van der Waals surface area contributed by atoms with Crippen LogP contribution in [0.15, 0.2) is 53.3 Å². The van der Waals surface area contributed by atoms with Crippen molar-refractivity contribution < 1.29 is 36.3 Å². The van der Waals surface area contributed by atoms with E-state index in [4.69, 9.17) is 13.9 Å². The van der Waals surface area contributed by atoms with Gasteiger partial charge in [0, 0.05) is 30.3 Å². The summed E-state index contributed by atoms with van der Waals surface area (Å²) in [7, 11) is -2.12. The minimum Gasteiger partial charge on any atom is -0.489 e. The average molecular weight is 755 g/mol. The zero-order chi connectivity index (χ0) is 35.9. The number of nitrogens with zero attached hydrogens (tertiary/aromatic N) is 3. The predicted molar refractivity (Wildman–Crippen MR) is 183 cm³/mol. The molecule has 262 valence electrons. The molecule has 7 nitrogen and oxygen atoms in total. The fourth-order valence-electron chi connectivity index (χ4n) is 4.15. The van der Waals surface area contributed by atoms with Crippen LogP contribution in [0, 0.1) is 17.7 Å². The minimum absolute atomic E-state index is 0.0298. The molecule has 3 aromatic rings. The number of hydrogen-bond donors (Lipinski definition) is 0. The lowest BCUT2D eigenvalue weighted by molar-refractivity contribution is -0.140. The number of halogens is 5. The number of carbonyl (C=O) groups is 1. The number of carbonyl (C=O) groups excluding carboxylic acids is 1. The van der Waals surface area contributed by atoms with Crippen molar-refractivity contribution in [2.75, 3.05) is 13.2 Å². The SMILES string of the molecule is CC(C)(C)OC(=O)N(CCO[Si](C)(C)C(C)(C)C)Cc1cc(C#CCCn2cc(Br)cn2)ccc1OCc1ccc(F)c(C(F)(F)F)c1. The number of aromatic nitrogens is 2. The molecule has 1 amide bonds. The molecule has 0 bridgehead atoms. The van der Waals surface area contributed by atoms with E-state index >= 15 is 0 Å². The lowest BCUT2D eigenvalue weighted by Crippen LogP contribution is -2.44. The Balaban J connectivity index is 1.92. The van der Waals surface area contributed by atoms with Crippen LogP contribution in [0.2, 0.25) is 18.1 Å². The van der Waals surface area contributed by atoms with Gasteiger partial charge in [-0.15, -0.1) is 0 Å². The first-order valence-corrected chi connectivity index (χ1v) is 19.2. The Morgan fingerprint density at radius 2 is 1.77 bits per heavy atom. The van der Waals surface area contributed by atoms with Gasteiger partial charge < -0.3 is 18.8 Å². The first-order valence-electron chi connectivity index (χ1n) is 15.5. The van der Waals surface area contributed by atoms with E-state index in [1.54, 1.807) is 49.8 Å². The van der Waals surface area contributed by atoms with Crippen molar-refractivity contribution in [1.29, 1.82) is 0 Å². The maximum Gasteiger partial charge on any atom is 0.419 e. The summed E-state index contributed by atoms with van der Waals surface area (Å²) < 4.78 is 74.7. The Morgan fingerprint density at radius 3 is 2.38 bits per heavy atom. The fourth-order valence-corrected chi connectivity index (χ4v) is 5.51. The van der Waals surface area contributed by atoms with Crippen molar-refractivity contribution in [3.05, 3.63) is 81.3 Å². The third-order valence-corrected chi connectivity index (χ3v) is 12.7. The maximum absolute atomic E-state index is 13.9. The van der Waals surface area contributed by atoms with Crippen LogP contribution in [0.3, 0.4) is 0 Å². The molecular weight excluding hydrogens is 710 g/mol.